The fourth-order valence-corrected chi connectivity index (χ4v) is 6.42. The number of nitrogens with one attached hydrogen (secondary N) is 1. The molecule has 150 valence electrons. The average molecular weight is 402 g/mol. The van der Waals surface area contributed by atoms with Gasteiger partial charge in [-0.1, -0.05) is 12.8 Å². The molecule has 3 heterocycles. The van der Waals surface area contributed by atoms with Crippen molar-refractivity contribution in [2.24, 2.45) is 0 Å². The molecular weight excluding hydrogens is 374 g/mol. The summed E-state index contributed by atoms with van der Waals surface area (Å²) in [7, 11) is -3.20. The molecule has 0 spiro atoms. The van der Waals surface area contributed by atoms with Crippen LogP contribution in [-0.4, -0.2) is 46.0 Å². The number of aryl methyl sites for hydroxylation is 1. The van der Waals surface area contributed by atoms with Crippen molar-refractivity contribution in [3.63, 3.8) is 0 Å². The van der Waals surface area contributed by atoms with Crippen LogP contribution in [0.4, 0.5) is 11.5 Å². The van der Waals surface area contributed by atoms with Gasteiger partial charge in [0.05, 0.1) is 11.4 Å². The second-order valence-electron chi connectivity index (χ2n) is 7.79. The first-order valence-electron chi connectivity index (χ1n) is 10.0. The molecule has 0 unspecified atom stereocenters. The van der Waals surface area contributed by atoms with Crippen molar-refractivity contribution in [2.75, 3.05) is 18.4 Å². The van der Waals surface area contributed by atoms with E-state index in [4.69, 9.17) is 4.98 Å². The molecule has 2 aromatic rings. The van der Waals surface area contributed by atoms with Gasteiger partial charge in [-0.05, 0) is 44.7 Å². The van der Waals surface area contributed by atoms with Gasteiger partial charge in [0.1, 0.15) is 5.82 Å². The van der Waals surface area contributed by atoms with Gasteiger partial charge >= 0.3 is 0 Å². The molecule has 1 saturated carbocycles. The maximum absolute atomic E-state index is 13.0. The molecular formula is C20H27N5O2S. The highest BCUT2D eigenvalue weighted by molar-refractivity contribution is 7.89. The molecule has 1 aliphatic carbocycles. The summed E-state index contributed by atoms with van der Waals surface area (Å²) in [5.41, 5.74) is 2.75. The Hall–Kier alpha value is -2.06. The van der Waals surface area contributed by atoms with Crippen LogP contribution < -0.4 is 5.32 Å². The number of piperidine rings is 1. The van der Waals surface area contributed by atoms with Crippen LogP contribution in [0.2, 0.25) is 0 Å². The van der Waals surface area contributed by atoms with Gasteiger partial charge in [0.15, 0.2) is 0 Å². The van der Waals surface area contributed by atoms with E-state index in [0.29, 0.717) is 18.9 Å². The molecule has 0 amide bonds. The van der Waals surface area contributed by atoms with E-state index in [0.717, 1.165) is 55.6 Å². The largest absolute Gasteiger partial charge is 0.339 e. The number of hydrogen-bond donors (Lipinski definition) is 1. The minimum atomic E-state index is -3.20. The zero-order valence-corrected chi connectivity index (χ0v) is 17.0. The monoisotopic (exact) mass is 401 g/mol. The maximum Gasteiger partial charge on any atom is 0.217 e. The lowest BCUT2D eigenvalue weighted by Gasteiger charge is -2.33. The van der Waals surface area contributed by atoms with E-state index in [-0.39, 0.29) is 11.2 Å². The van der Waals surface area contributed by atoms with E-state index >= 15 is 0 Å². The Morgan fingerprint density at radius 2 is 1.93 bits per heavy atom. The Morgan fingerprint density at radius 3 is 2.68 bits per heavy atom. The van der Waals surface area contributed by atoms with Crippen molar-refractivity contribution in [1.29, 1.82) is 0 Å². The van der Waals surface area contributed by atoms with Crippen LogP contribution in [-0.2, 0) is 10.0 Å². The summed E-state index contributed by atoms with van der Waals surface area (Å²) >= 11 is 0. The summed E-state index contributed by atoms with van der Waals surface area (Å²) in [6, 6.07) is 3.98. The molecule has 1 atom stereocenters. The van der Waals surface area contributed by atoms with Crippen LogP contribution >= 0.6 is 0 Å². The first-order valence-corrected chi connectivity index (χ1v) is 11.5. The normalized spacial score (nSPS) is 21.7. The van der Waals surface area contributed by atoms with Gasteiger partial charge in [0.2, 0.25) is 10.0 Å². The fourth-order valence-electron chi connectivity index (χ4n) is 4.30. The summed E-state index contributed by atoms with van der Waals surface area (Å²) in [4.78, 5) is 13.0. The Bertz CT molecular complexity index is 913. The van der Waals surface area contributed by atoms with E-state index in [2.05, 4.69) is 15.3 Å². The molecule has 7 nitrogen and oxygen atoms in total. The molecule has 1 aliphatic heterocycles. The number of rotatable bonds is 5. The fraction of sp³-hybridized carbons (Fsp3) is 0.550. The molecule has 0 bridgehead atoms. The van der Waals surface area contributed by atoms with Gasteiger partial charge in [-0.25, -0.2) is 17.7 Å². The number of pyridine rings is 1. The molecule has 8 heteroatoms. The molecule has 2 aliphatic rings. The highest BCUT2D eigenvalue weighted by Crippen LogP contribution is 2.33. The summed E-state index contributed by atoms with van der Waals surface area (Å²) in [6.45, 7) is 3.12. The first kappa shape index (κ1) is 19.3. The van der Waals surface area contributed by atoms with Crippen LogP contribution in [0.15, 0.2) is 30.7 Å². The minimum Gasteiger partial charge on any atom is -0.339 e. The maximum atomic E-state index is 13.0. The van der Waals surface area contributed by atoms with Crippen molar-refractivity contribution in [2.45, 2.75) is 56.6 Å². The van der Waals surface area contributed by atoms with Gasteiger partial charge in [-0.15, -0.1) is 0 Å². The number of anilines is 2. The van der Waals surface area contributed by atoms with Crippen molar-refractivity contribution in [3.8, 4) is 0 Å². The standard InChI is InChI=1S/C20H27N5O2S/c1-15-11-17(24-20-13-21-8-9-22-20)12-19(23-15)16-5-4-10-25(14-16)28(26,27)18-6-2-3-7-18/h8-9,11-13,16,18H,2-7,10,14H2,1H3,(H,22,23,24)/t16-/m0/s1. The second kappa shape index (κ2) is 8.13. The molecule has 0 radical (unpaired) electrons. The van der Waals surface area contributed by atoms with Crippen molar-refractivity contribution in [3.05, 3.63) is 42.1 Å². The van der Waals surface area contributed by atoms with Crippen LogP contribution in [0.5, 0.6) is 0 Å². The molecule has 2 aromatic heterocycles. The minimum absolute atomic E-state index is 0.118. The lowest BCUT2D eigenvalue weighted by molar-refractivity contribution is 0.309. The van der Waals surface area contributed by atoms with E-state index in [1.807, 2.05) is 19.1 Å². The molecule has 0 aromatic carbocycles. The summed E-state index contributed by atoms with van der Waals surface area (Å²) in [6.07, 6.45) is 10.4. The van der Waals surface area contributed by atoms with Crippen LogP contribution in [0.25, 0.3) is 0 Å². The second-order valence-corrected chi connectivity index (χ2v) is 10.00. The van der Waals surface area contributed by atoms with E-state index in [1.165, 1.54) is 0 Å². The third-order valence-electron chi connectivity index (χ3n) is 5.69. The highest BCUT2D eigenvalue weighted by atomic mass is 32.2. The topological polar surface area (TPSA) is 88.1 Å². The lowest BCUT2D eigenvalue weighted by atomic mass is 9.95. The predicted molar refractivity (Wildman–Crippen MR) is 109 cm³/mol. The average Bonchev–Trinajstić information content (AvgIpc) is 3.24. The number of nitrogens with zero attached hydrogens (tertiary/aromatic N) is 4. The van der Waals surface area contributed by atoms with E-state index < -0.39 is 10.0 Å². The Kier molecular flexibility index (Phi) is 5.59. The van der Waals surface area contributed by atoms with E-state index in [1.54, 1.807) is 22.9 Å². The summed E-state index contributed by atoms with van der Waals surface area (Å²) < 4.78 is 27.8. The Morgan fingerprint density at radius 1 is 1.11 bits per heavy atom. The van der Waals surface area contributed by atoms with Gasteiger partial charge in [-0.2, -0.15) is 0 Å². The lowest BCUT2D eigenvalue weighted by Crippen LogP contribution is -2.43. The van der Waals surface area contributed by atoms with Gasteiger partial charge in [-0.3, -0.25) is 9.97 Å². The van der Waals surface area contributed by atoms with E-state index in [9.17, 15) is 8.42 Å². The molecule has 4 rings (SSSR count). The first-order chi connectivity index (χ1) is 13.5. The SMILES string of the molecule is Cc1cc(Nc2cnccn2)cc([C@H]2CCCN(S(=O)(=O)C3CCCC3)C2)n1. The quantitative estimate of drug-likeness (QED) is 0.826. The smallest absolute Gasteiger partial charge is 0.217 e. The Labute approximate surface area is 166 Å². The van der Waals surface area contributed by atoms with Crippen molar-refractivity contribution in [1.82, 2.24) is 19.3 Å². The Balaban J connectivity index is 1.53. The van der Waals surface area contributed by atoms with Crippen LogP contribution in [0.3, 0.4) is 0 Å². The number of hydrogen-bond acceptors (Lipinski definition) is 6. The number of sulfonamides is 1. The van der Waals surface area contributed by atoms with Gasteiger partial charge in [0, 0.05) is 48.5 Å². The predicted octanol–water partition coefficient (Wildman–Crippen LogP) is 3.38. The van der Waals surface area contributed by atoms with Gasteiger partial charge < -0.3 is 5.32 Å². The molecule has 28 heavy (non-hydrogen) atoms. The van der Waals surface area contributed by atoms with Crippen LogP contribution in [0.1, 0.15) is 55.8 Å². The molecule has 2 fully saturated rings. The van der Waals surface area contributed by atoms with Crippen LogP contribution in [0, 0.1) is 6.92 Å². The van der Waals surface area contributed by atoms with Crippen molar-refractivity contribution >= 4 is 21.5 Å². The number of aromatic nitrogens is 3. The third kappa shape index (κ3) is 4.17. The van der Waals surface area contributed by atoms with Crippen molar-refractivity contribution < 1.29 is 8.42 Å². The molecule has 1 N–H and O–H groups in total. The molecule has 1 saturated heterocycles. The highest BCUT2D eigenvalue weighted by Gasteiger charge is 2.37. The zero-order chi connectivity index (χ0) is 19.6. The summed E-state index contributed by atoms with van der Waals surface area (Å²) in [5, 5.41) is 3.08. The van der Waals surface area contributed by atoms with Gasteiger partial charge in [0.25, 0.3) is 0 Å². The summed E-state index contributed by atoms with van der Waals surface area (Å²) in [5.74, 6) is 0.792. The third-order valence-corrected chi connectivity index (χ3v) is 8.06. The zero-order valence-electron chi connectivity index (χ0n) is 16.2.